The summed E-state index contributed by atoms with van der Waals surface area (Å²) in [5.41, 5.74) is 6.33. The molecular formula is C18H19NO5. The average molecular weight is 329 g/mol. The summed E-state index contributed by atoms with van der Waals surface area (Å²) >= 11 is 0. The fraction of sp³-hybridized carbons (Fsp3) is 0.222. The number of rotatable bonds is 8. The van der Waals surface area contributed by atoms with Crippen LogP contribution in [0.4, 0.5) is 0 Å². The molecule has 0 bridgehead atoms. The first kappa shape index (κ1) is 17.5. The Morgan fingerprint density at radius 2 is 1.29 bits per heavy atom. The zero-order chi connectivity index (χ0) is 17.4. The zero-order valence-electron chi connectivity index (χ0n) is 13.4. The maximum atomic E-state index is 11.4. The van der Waals surface area contributed by atoms with Crippen molar-refractivity contribution in [1.29, 1.82) is 0 Å². The molecule has 24 heavy (non-hydrogen) atoms. The lowest BCUT2D eigenvalue weighted by molar-refractivity contribution is 0.0600. The van der Waals surface area contributed by atoms with Crippen LogP contribution in [0.5, 0.6) is 11.5 Å². The summed E-state index contributed by atoms with van der Waals surface area (Å²) in [6, 6.07) is 13.4. The molecule has 126 valence electrons. The second kappa shape index (κ2) is 8.69. The van der Waals surface area contributed by atoms with E-state index < -0.39 is 0 Å². The number of ether oxygens (including phenoxy) is 3. The highest BCUT2D eigenvalue weighted by Crippen LogP contribution is 2.14. The minimum atomic E-state index is -0.388. The molecule has 0 unspecified atom stereocenters. The topological polar surface area (TPSA) is 87.9 Å². The quantitative estimate of drug-likeness (QED) is 0.453. The van der Waals surface area contributed by atoms with E-state index >= 15 is 0 Å². The predicted octanol–water partition coefficient (Wildman–Crippen LogP) is 2.07. The zero-order valence-corrected chi connectivity index (χ0v) is 13.4. The van der Waals surface area contributed by atoms with Crippen LogP contribution in [0.25, 0.3) is 0 Å². The van der Waals surface area contributed by atoms with Gasteiger partial charge in [-0.25, -0.2) is 4.79 Å². The van der Waals surface area contributed by atoms with Gasteiger partial charge in [0.15, 0.2) is 5.78 Å². The van der Waals surface area contributed by atoms with Crippen molar-refractivity contribution in [2.75, 3.05) is 26.9 Å². The summed E-state index contributed by atoms with van der Waals surface area (Å²) in [5, 5.41) is 0. The summed E-state index contributed by atoms with van der Waals surface area (Å²) in [5.74, 6) is 0.782. The van der Waals surface area contributed by atoms with E-state index in [9.17, 15) is 9.59 Å². The van der Waals surface area contributed by atoms with Gasteiger partial charge in [0.25, 0.3) is 0 Å². The van der Waals surface area contributed by atoms with Crippen LogP contribution in [0.15, 0.2) is 48.5 Å². The Labute approximate surface area is 140 Å². The third-order valence-electron chi connectivity index (χ3n) is 3.26. The highest BCUT2D eigenvalue weighted by molar-refractivity contribution is 5.97. The van der Waals surface area contributed by atoms with Crippen LogP contribution in [0.2, 0.25) is 0 Å². The number of ketones is 1. The number of hydrogen-bond donors (Lipinski definition) is 1. The highest BCUT2D eigenvalue weighted by atomic mass is 16.5. The highest BCUT2D eigenvalue weighted by Gasteiger charge is 2.05. The Morgan fingerprint density at radius 3 is 1.71 bits per heavy atom. The maximum Gasteiger partial charge on any atom is 0.337 e. The van der Waals surface area contributed by atoms with Crippen LogP contribution < -0.4 is 15.2 Å². The molecule has 2 N–H and O–H groups in total. The van der Waals surface area contributed by atoms with Gasteiger partial charge in [0.1, 0.15) is 24.7 Å². The van der Waals surface area contributed by atoms with Crippen LogP contribution in [-0.2, 0) is 4.74 Å². The minimum Gasteiger partial charge on any atom is -0.490 e. The molecule has 0 atom stereocenters. The molecule has 0 aliphatic rings. The Bertz CT molecular complexity index is 618. The second-order valence-corrected chi connectivity index (χ2v) is 4.86. The van der Waals surface area contributed by atoms with Gasteiger partial charge in [-0.3, -0.25) is 4.79 Å². The molecule has 0 amide bonds. The van der Waals surface area contributed by atoms with Gasteiger partial charge in [-0.15, -0.1) is 0 Å². The molecule has 0 saturated heterocycles. The summed E-state index contributed by atoms with van der Waals surface area (Å²) in [6.45, 7) is 0.687. The van der Waals surface area contributed by atoms with Crippen LogP contribution >= 0.6 is 0 Å². The number of benzene rings is 2. The summed E-state index contributed by atoms with van der Waals surface area (Å²) in [6.07, 6.45) is 0. The van der Waals surface area contributed by atoms with Gasteiger partial charge < -0.3 is 19.9 Å². The number of methoxy groups -OCH3 is 1. The Hall–Kier alpha value is -2.86. The van der Waals surface area contributed by atoms with E-state index in [0.717, 1.165) is 0 Å². The normalized spacial score (nSPS) is 10.1. The van der Waals surface area contributed by atoms with Crippen molar-refractivity contribution in [2.24, 2.45) is 5.73 Å². The molecule has 6 nitrogen and oxygen atoms in total. The van der Waals surface area contributed by atoms with Crippen molar-refractivity contribution >= 4 is 11.8 Å². The van der Waals surface area contributed by atoms with Crippen LogP contribution in [0, 0.1) is 0 Å². The van der Waals surface area contributed by atoms with Crippen LogP contribution in [-0.4, -0.2) is 38.6 Å². The van der Waals surface area contributed by atoms with E-state index in [1.807, 2.05) is 0 Å². The first-order chi connectivity index (χ1) is 11.6. The molecule has 0 aliphatic carbocycles. The van der Waals surface area contributed by atoms with E-state index in [2.05, 4.69) is 4.74 Å². The van der Waals surface area contributed by atoms with Gasteiger partial charge in [0.2, 0.25) is 0 Å². The minimum absolute atomic E-state index is 0.0111. The molecule has 2 aromatic rings. The molecule has 0 aliphatic heterocycles. The Kier molecular flexibility index (Phi) is 6.33. The van der Waals surface area contributed by atoms with Gasteiger partial charge in [0, 0.05) is 5.56 Å². The fourth-order valence-corrected chi connectivity index (χ4v) is 1.98. The van der Waals surface area contributed by atoms with Crippen LogP contribution in [0.1, 0.15) is 20.7 Å². The summed E-state index contributed by atoms with van der Waals surface area (Å²) in [4.78, 5) is 22.7. The smallest absolute Gasteiger partial charge is 0.337 e. The van der Waals surface area contributed by atoms with E-state index in [1.165, 1.54) is 7.11 Å². The standard InChI is InChI=1S/C18H19NO5/c1-22-18(21)14-4-8-16(9-5-14)24-11-10-23-15-6-2-13(3-7-15)17(20)12-19/h2-9H,10-12,19H2,1H3. The number of Topliss-reactive ketones (excluding diaryl/α,β-unsaturated/α-hetero) is 1. The van der Waals surface area contributed by atoms with Crippen molar-refractivity contribution in [3.63, 3.8) is 0 Å². The molecule has 0 fully saturated rings. The molecule has 2 rings (SSSR count). The van der Waals surface area contributed by atoms with Gasteiger partial charge in [-0.2, -0.15) is 0 Å². The van der Waals surface area contributed by atoms with Gasteiger partial charge in [0.05, 0.1) is 19.2 Å². The van der Waals surface area contributed by atoms with Gasteiger partial charge >= 0.3 is 5.97 Å². The molecule has 6 heteroatoms. The summed E-state index contributed by atoms with van der Waals surface area (Å²) < 4.78 is 15.7. The van der Waals surface area contributed by atoms with Gasteiger partial charge in [-0.1, -0.05) is 0 Å². The molecule has 0 spiro atoms. The van der Waals surface area contributed by atoms with Gasteiger partial charge in [-0.05, 0) is 48.5 Å². The number of carbonyl (C=O) groups excluding carboxylic acids is 2. The molecule has 0 saturated carbocycles. The van der Waals surface area contributed by atoms with Crippen molar-refractivity contribution in [3.05, 3.63) is 59.7 Å². The first-order valence-electron chi connectivity index (χ1n) is 7.41. The summed E-state index contributed by atoms with van der Waals surface area (Å²) in [7, 11) is 1.34. The molecule has 0 heterocycles. The van der Waals surface area contributed by atoms with Crippen LogP contribution in [0.3, 0.4) is 0 Å². The number of hydrogen-bond acceptors (Lipinski definition) is 6. The maximum absolute atomic E-state index is 11.4. The van der Waals surface area contributed by atoms with E-state index in [0.29, 0.717) is 35.8 Å². The average Bonchev–Trinajstić information content (AvgIpc) is 2.65. The number of nitrogens with two attached hydrogens (primary N) is 1. The molecular weight excluding hydrogens is 310 g/mol. The Balaban J connectivity index is 1.76. The Morgan fingerprint density at radius 1 is 0.833 bits per heavy atom. The largest absolute Gasteiger partial charge is 0.490 e. The molecule has 0 aromatic heterocycles. The monoisotopic (exact) mass is 329 g/mol. The van der Waals surface area contributed by atoms with E-state index in [1.54, 1.807) is 48.5 Å². The SMILES string of the molecule is COC(=O)c1ccc(OCCOc2ccc(C(=O)CN)cc2)cc1. The second-order valence-electron chi connectivity index (χ2n) is 4.86. The third-order valence-corrected chi connectivity index (χ3v) is 3.26. The van der Waals surface area contributed by atoms with Crippen molar-refractivity contribution in [2.45, 2.75) is 0 Å². The first-order valence-corrected chi connectivity index (χ1v) is 7.41. The number of esters is 1. The molecule has 0 radical (unpaired) electrons. The lowest BCUT2D eigenvalue weighted by Gasteiger charge is -2.09. The van der Waals surface area contributed by atoms with Crippen molar-refractivity contribution in [1.82, 2.24) is 0 Å². The molecule has 2 aromatic carbocycles. The van der Waals surface area contributed by atoms with E-state index in [4.69, 9.17) is 15.2 Å². The predicted molar refractivity (Wildman–Crippen MR) is 88.6 cm³/mol. The fourth-order valence-electron chi connectivity index (χ4n) is 1.98. The van der Waals surface area contributed by atoms with Crippen molar-refractivity contribution in [3.8, 4) is 11.5 Å². The van der Waals surface area contributed by atoms with Crippen molar-refractivity contribution < 1.29 is 23.8 Å². The lowest BCUT2D eigenvalue weighted by Crippen LogP contribution is -2.13. The lowest BCUT2D eigenvalue weighted by atomic mass is 10.1. The van der Waals surface area contributed by atoms with E-state index in [-0.39, 0.29) is 18.3 Å². The number of carbonyl (C=O) groups is 2. The third kappa shape index (κ3) is 4.82.